The molecule has 4 heteroatoms. The zero-order valence-electron chi connectivity index (χ0n) is 12.9. The number of nitrogens with two attached hydrogens (primary N) is 1. The number of rotatable bonds is 6. The van der Waals surface area contributed by atoms with Crippen molar-refractivity contribution in [2.45, 2.75) is 51.7 Å². The molecule has 0 aliphatic carbocycles. The highest BCUT2D eigenvalue weighted by Gasteiger charge is 2.21. The highest BCUT2D eigenvalue weighted by atomic mass is 16.5. The van der Waals surface area contributed by atoms with Gasteiger partial charge >= 0.3 is 0 Å². The van der Waals surface area contributed by atoms with E-state index in [-0.39, 0.29) is 12.0 Å². The first kappa shape index (κ1) is 15.8. The number of carbonyl (C=O) groups is 1. The molecule has 0 aromatic heterocycles. The maximum atomic E-state index is 12.5. The lowest BCUT2D eigenvalue weighted by Crippen LogP contribution is -2.35. The lowest BCUT2D eigenvalue weighted by atomic mass is 10.1. The molecule has 4 nitrogen and oxygen atoms in total. The summed E-state index contributed by atoms with van der Waals surface area (Å²) < 4.78 is 5.68. The van der Waals surface area contributed by atoms with Crippen LogP contribution in [-0.2, 0) is 16.1 Å². The van der Waals surface area contributed by atoms with Crippen molar-refractivity contribution in [3.05, 3.63) is 29.8 Å². The first-order chi connectivity index (χ1) is 10.2. The van der Waals surface area contributed by atoms with Gasteiger partial charge in [0.2, 0.25) is 5.91 Å². The van der Waals surface area contributed by atoms with Crippen LogP contribution < -0.4 is 5.73 Å². The topological polar surface area (TPSA) is 55.6 Å². The Kier molecular flexibility index (Phi) is 6.05. The van der Waals surface area contributed by atoms with Gasteiger partial charge in [0, 0.05) is 25.4 Å². The fraction of sp³-hybridized carbons (Fsp3) is 0.588. The fourth-order valence-corrected chi connectivity index (χ4v) is 2.77. The minimum absolute atomic E-state index is 0.103. The molecule has 21 heavy (non-hydrogen) atoms. The van der Waals surface area contributed by atoms with Crippen LogP contribution in [-0.4, -0.2) is 30.1 Å². The number of hydrogen-bond acceptors (Lipinski definition) is 3. The van der Waals surface area contributed by atoms with E-state index >= 15 is 0 Å². The smallest absolute Gasteiger partial charge is 0.225 e. The molecule has 0 radical (unpaired) electrons. The van der Waals surface area contributed by atoms with E-state index in [0.29, 0.717) is 13.0 Å². The van der Waals surface area contributed by atoms with Gasteiger partial charge in [0.1, 0.15) is 0 Å². The van der Waals surface area contributed by atoms with E-state index in [1.54, 1.807) is 0 Å². The molecule has 1 aliphatic heterocycles. The van der Waals surface area contributed by atoms with Crippen LogP contribution in [0.2, 0.25) is 0 Å². The van der Waals surface area contributed by atoms with Gasteiger partial charge in [-0.1, -0.05) is 19.1 Å². The minimum atomic E-state index is 0.103. The average Bonchev–Trinajstić information content (AvgIpc) is 2.48. The standard InChI is InChI=1S/C17H26N2O2/c1-2-9-19(13-14-6-5-7-15(18)11-14)17(20)12-16-8-3-4-10-21-16/h5-7,11,16H,2-4,8-10,12-13,18H2,1H3. The second-order valence-corrected chi connectivity index (χ2v) is 5.75. The molecule has 1 aromatic rings. The number of ether oxygens (including phenoxy) is 1. The van der Waals surface area contributed by atoms with Crippen molar-refractivity contribution in [3.8, 4) is 0 Å². The molecule has 2 N–H and O–H groups in total. The summed E-state index contributed by atoms with van der Waals surface area (Å²) in [6, 6.07) is 7.76. The van der Waals surface area contributed by atoms with E-state index < -0.39 is 0 Å². The van der Waals surface area contributed by atoms with Crippen LogP contribution in [0.15, 0.2) is 24.3 Å². The van der Waals surface area contributed by atoms with Crippen LogP contribution in [0.5, 0.6) is 0 Å². The molecule has 2 rings (SSSR count). The van der Waals surface area contributed by atoms with Crippen molar-refractivity contribution in [2.75, 3.05) is 18.9 Å². The third kappa shape index (κ3) is 5.05. The Hall–Kier alpha value is -1.55. The van der Waals surface area contributed by atoms with Gasteiger partial charge in [-0.2, -0.15) is 0 Å². The summed E-state index contributed by atoms with van der Waals surface area (Å²) in [5.41, 5.74) is 7.64. The molecule has 0 saturated carbocycles. The lowest BCUT2D eigenvalue weighted by Gasteiger charge is -2.27. The summed E-state index contributed by atoms with van der Waals surface area (Å²) in [7, 11) is 0. The Labute approximate surface area is 127 Å². The second kappa shape index (κ2) is 8.03. The molecule has 1 fully saturated rings. The van der Waals surface area contributed by atoms with Crippen LogP contribution in [0, 0.1) is 0 Å². The quantitative estimate of drug-likeness (QED) is 0.819. The summed E-state index contributed by atoms with van der Waals surface area (Å²) in [5, 5.41) is 0. The molecule has 1 atom stereocenters. The molecular formula is C17H26N2O2. The largest absolute Gasteiger partial charge is 0.399 e. The number of nitrogen functional groups attached to an aromatic ring is 1. The van der Waals surface area contributed by atoms with Crippen molar-refractivity contribution in [1.82, 2.24) is 4.90 Å². The maximum absolute atomic E-state index is 12.5. The minimum Gasteiger partial charge on any atom is -0.399 e. The molecule has 1 aromatic carbocycles. The first-order valence-electron chi connectivity index (χ1n) is 7.93. The van der Waals surface area contributed by atoms with Gasteiger partial charge in [-0.15, -0.1) is 0 Å². The van der Waals surface area contributed by atoms with E-state index in [2.05, 4.69) is 6.92 Å². The molecule has 1 saturated heterocycles. The molecule has 116 valence electrons. The number of hydrogen-bond donors (Lipinski definition) is 1. The van der Waals surface area contributed by atoms with Gasteiger partial charge < -0.3 is 15.4 Å². The summed E-state index contributed by atoms with van der Waals surface area (Å²) in [6.07, 6.45) is 4.85. The molecule has 0 bridgehead atoms. The Bertz CT molecular complexity index is 456. The third-order valence-electron chi connectivity index (χ3n) is 3.85. The van der Waals surface area contributed by atoms with E-state index in [1.165, 1.54) is 6.42 Å². The van der Waals surface area contributed by atoms with Gasteiger partial charge in [-0.3, -0.25) is 4.79 Å². The van der Waals surface area contributed by atoms with Crippen molar-refractivity contribution < 1.29 is 9.53 Å². The van der Waals surface area contributed by atoms with Crippen LogP contribution in [0.25, 0.3) is 0 Å². The monoisotopic (exact) mass is 290 g/mol. The molecule has 1 aliphatic rings. The summed E-state index contributed by atoms with van der Waals surface area (Å²) in [4.78, 5) is 14.4. The predicted molar refractivity (Wildman–Crippen MR) is 84.8 cm³/mol. The van der Waals surface area contributed by atoms with Crippen LogP contribution in [0.1, 0.15) is 44.6 Å². The van der Waals surface area contributed by atoms with E-state index in [4.69, 9.17) is 10.5 Å². The van der Waals surface area contributed by atoms with Gasteiger partial charge in [0.15, 0.2) is 0 Å². The highest BCUT2D eigenvalue weighted by Crippen LogP contribution is 2.18. The predicted octanol–water partition coefficient (Wildman–Crippen LogP) is 2.97. The van der Waals surface area contributed by atoms with Gasteiger partial charge in [0.05, 0.1) is 12.5 Å². The number of amides is 1. The normalized spacial score (nSPS) is 18.4. The average molecular weight is 290 g/mol. The number of anilines is 1. The Morgan fingerprint density at radius 2 is 2.29 bits per heavy atom. The summed E-state index contributed by atoms with van der Waals surface area (Å²) in [5.74, 6) is 0.186. The van der Waals surface area contributed by atoms with E-state index in [9.17, 15) is 4.79 Å². The summed E-state index contributed by atoms with van der Waals surface area (Å²) >= 11 is 0. The first-order valence-corrected chi connectivity index (χ1v) is 7.93. The SMILES string of the molecule is CCCN(Cc1cccc(N)c1)C(=O)CC1CCCCO1. The molecular weight excluding hydrogens is 264 g/mol. The Balaban J connectivity index is 1.95. The molecule has 1 unspecified atom stereocenters. The number of nitrogens with zero attached hydrogens (tertiary/aromatic N) is 1. The van der Waals surface area contributed by atoms with E-state index in [1.807, 2.05) is 29.2 Å². The molecule has 1 heterocycles. The number of benzene rings is 1. The Morgan fingerprint density at radius 3 is 2.95 bits per heavy atom. The van der Waals surface area contributed by atoms with Gasteiger partial charge in [-0.05, 0) is 43.4 Å². The van der Waals surface area contributed by atoms with Crippen LogP contribution in [0.4, 0.5) is 5.69 Å². The van der Waals surface area contributed by atoms with Crippen molar-refractivity contribution in [2.24, 2.45) is 0 Å². The van der Waals surface area contributed by atoms with Gasteiger partial charge in [-0.25, -0.2) is 0 Å². The Morgan fingerprint density at radius 1 is 1.43 bits per heavy atom. The third-order valence-corrected chi connectivity index (χ3v) is 3.85. The zero-order valence-corrected chi connectivity index (χ0v) is 12.9. The molecule has 1 amide bonds. The van der Waals surface area contributed by atoms with Crippen molar-refractivity contribution >= 4 is 11.6 Å². The van der Waals surface area contributed by atoms with Crippen molar-refractivity contribution in [1.29, 1.82) is 0 Å². The van der Waals surface area contributed by atoms with Crippen molar-refractivity contribution in [3.63, 3.8) is 0 Å². The zero-order chi connectivity index (χ0) is 15.1. The second-order valence-electron chi connectivity index (χ2n) is 5.75. The van der Waals surface area contributed by atoms with E-state index in [0.717, 1.165) is 43.7 Å². The maximum Gasteiger partial charge on any atom is 0.225 e. The lowest BCUT2D eigenvalue weighted by molar-refractivity contribution is -0.135. The van der Waals surface area contributed by atoms with Crippen LogP contribution in [0.3, 0.4) is 0 Å². The fourth-order valence-electron chi connectivity index (χ4n) is 2.77. The molecule has 0 spiro atoms. The summed E-state index contributed by atoms with van der Waals surface area (Å²) in [6.45, 7) is 4.29. The van der Waals surface area contributed by atoms with Crippen LogP contribution >= 0.6 is 0 Å². The van der Waals surface area contributed by atoms with Gasteiger partial charge in [0.25, 0.3) is 0 Å². The number of carbonyl (C=O) groups excluding carboxylic acids is 1. The highest BCUT2D eigenvalue weighted by molar-refractivity contribution is 5.76.